The van der Waals surface area contributed by atoms with Crippen molar-refractivity contribution in [2.45, 2.75) is 38.5 Å². The van der Waals surface area contributed by atoms with Crippen molar-refractivity contribution in [2.75, 3.05) is 0 Å². The number of rotatable bonds is 2. The van der Waals surface area contributed by atoms with E-state index in [9.17, 15) is 36.7 Å². The molecular formula is C38H20F4O4S3. The summed E-state index contributed by atoms with van der Waals surface area (Å²) in [5.74, 6) is -7.48. The molecule has 0 unspecified atom stereocenters. The SMILES string of the molecule is CC1(C)C(/C=C2\C(=O)C(=O)c3cc(F)cc(F)c32)=Cc2sc3c(c21)C(C)(C)c1c-3sc2cc(/C=C3\C(=O)C(=O)c4c(F)cc(F)cc43)sc12. The number of allylic oxidation sites excluding steroid dienone is 4. The van der Waals surface area contributed by atoms with Gasteiger partial charge in [-0.3, -0.25) is 19.2 Å². The largest absolute Gasteiger partial charge is 0.285 e. The van der Waals surface area contributed by atoms with Gasteiger partial charge in [0.25, 0.3) is 0 Å². The molecule has 0 fully saturated rings. The number of thiophene rings is 3. The van der Waals surface area contributed by atoms with Crippen molar-refractivity contribution in [3.05, 3.63) is 114 Å². The van der Waals surface area contributed by atoms with Gasteiger partial charge in [0.2, 0.25) is 23.1 Å². The Morgan fingerprint density at radius 3 is 1.94 bits per heavy atom. The van der Waals surface area contributed by atoms with E-state index in [2.05, 4.69) is 13.8 Å². The molecule has 0 radical (unpaired) electrons. The quantitative estimate of drug-likeness (QED) is 0.104. The number of hydrogen-bond donors (Lipinski definition) is 0. The Morgan fingerprint density at radius 1 is 0.592 bits per heavy atom. The molecule has 11 heteroatoms. The summed E-state index contributed by atoms with van der Waals surface area (Å²) in [7, 11) is 0. The van der Waals surface area contributed by atoms with Crippen LogP contribution in [-0.2, 0) is 20.4 Å². The van der Waals surface area contributed by atoms with Gasteiger partial charge in [0, 0.05) is 70.1 Å². The van der Waals surface area contributed by atoms with Crippen molar-refractivity contribution >= 4 is 89.8 Å². The zero-order valence-electron chi connectivity index (χ0n) is 26.0. The summed E-state index contributed by atoms with van der Waals surface area (Å²) in [5.41, 5.74) is 1.95. The van der Waals surface area contributed by atoms with Crippen LogP contribution in [0.3, 0.4) is 0 Å². The molecule has 2 aromatic carbocycles. The smallest absolute Gasteiger partial charge is 0.237 e. The number of benzene rings is 2. The summed E-state index contributed by atoms with van der Waals surface area (Å²) >= 11 is 4.68. The van der Waals surface area contributed by atoms with Gasteiger partial charge in [-0.25, -0.2) is 17.6 Å². The molecule has 0 atom stereocenters. The number of carbonyl (C=O) groups is 4. The Kier molecular flexibility index (Phi) is 5.94. The molecule has 0 bridgehead atoms. The van der Waals surface area contributed by atoms with E-state index < -0.39 is 62.8 Å². The molecule has 3 aromatic heterocycles. The lowest BCUT2D eigenvalue weighted by atomic mass is 9.73. The fourth-order valence-corrected chi connectivity index (χ4v) is 12.4. The van der Waals surface area contributed by atoms with Gasteiger partial charge < -0.3 is 0 Å². The number of carbonyl (C=O) groups excluding carboxylic acids is 4. The first-order chi connectivity index (χ1) is 23.1. The topological polar surface area (TPSA) is 68.3 Å². The van der Waals surface area contributed by atoms with Crippen LogP contribution in [0.4, 0.5) is 17.6 Å². The van der Waals surface area contributed by atoms with Gasteiger partial charge in [-0.1, -0.05) is 27.7 Å². The number of Topliss-reactive ketones (excluding diaryl/α,β-unsaturated/α-hetero) is 4. The first kappa shape index (κ1) is 30.5. The van der Waals surface area contributed by atoms with Crippen LogP contribution in [0.15, 0.2) is 42.0 Å². The average molecular weight is 713 g/mol. The molecule has 0 aliphatic heterocycles. The molecule has 0 spiro atoms. The van der Waals surface area contributed by atoms with Crippen LogP contribution in [0.2, 0.25) is 0 Å². The highest BCUT2D eigenvalue weighted by molar-refractivity contribution is 7.32. The number of fused-ring (bicyclic) bond motifs is 9. The lowest BCUT2D eigenvalue weighted by molar-refractivity contribution is -0.110. The highest BCUT2D eigenvalue weighted by Gasteiger charge is 2.49. The van der Waals surface area contributed by atoms with Gasteiger partial charge in [0.15, 0.2) is 0 Å². The molecule has 4 aliphatic rings. The minimum absolute atomic E-state index is 0.0373. The first-order valence-electron chi connectivity index (χ1n) is 15.2. The van der Waals surface area contributed by atoms with Crippen molar-refractivity contribution in [3.8, 4) is 9.75 Å². The fourth-order valence-electron chi connectivity index (χ4n) is 7.78. The van der Waals surface area contributed by atoms with E-state index in [4.69, 9.17) is 0 Å². The van der Waals surface area contributed by atoms with E-state index in [1.807, 2.05) is 26.0 Å². The monoisotopic (exact) mass is 712 g/mol. The van der Waals surface area contributed by atoms with Crippen LogP contribution >= 0.6 is 34.0 Å². The molecule has 9 rings (SSSR count). The van der Waals surface area contributed by atoms with Gasteiger partial charge in [-0.15, -0.1) is 34.0 Å². The van der Waals surface area contributed by atoms with Crippen LogP contribution < -0.4 is 0 Å². The maximum atomic E-state index is 14.9. The predicted octanol–water partition coefficient (Wildman–Crippen LogP) is 9.72. The first-order valence-corrected chi connectivity index (χ1v) is 17.6. The van der Waals surface area contributed by atoms with Crippen molar-refractivity contribution in [3.63, 3.8) is 0 Å². The average Bonchev–Trinajstić information content (AvgIpc) is 3.83. The molecular weight excluding hydrogens is 693 g/mol. The zero-order chi connectivity index (χ0) is 34.6. The van der Waals surface area contributed by atoms with Crippen LogP contribution in [0.1, 0.15) is 86.0 Å². The highest BCUT2D eigenvalue weighted by atomic mass is 32.1. The maximum absolute atomic E-state index is 14.9. The minimum Gasteiger partial charge on any atom is -0.285 e. The third kappa shape index (κ3) is 3.83. The molecule has 0 saturated heterocycles. The Balaban J connectivity index is 1.13. The molecule has 4 aliphatic carbocycles. The van der Waals surface area contributed by atoms with Crippen molar-refractivity contribution in [1.29, 1.82) is 0 Å². The zero-order valence-corrected chi connectivity index (χ0v) is 28.4. The standard InChI is InChI=1S/C38H20F4O4S3/c1-37(2)13(5-19-25-20(32(45)31(19)44)8-15(40)9-21(25)41)6-23-27(37)28-35(48-23)36-29(38(28,3)4)34-24(49-36)12-16(47-34)11-18-17-7-14(39)10-22(42)26(17)33(46)30(18)43/h5-12H,1-4H3/b18-11-,19-5-. The number of hydrogen-bond acceptors (Lipinski definition) is 7. The van der Waals surface area contributed by atoms with Gasteiger partial charge >= 0.3 is 0 Å². The summed E-state index contributed by atoms with van der Waals surface area (Å²) in [4.78, 5) is 55.0. The third-order valence-corrected chi connectivity index (χ3v) is 13.7. The van der Waals surface area contributed by atoms with E-state index in [-0.39, 0.29) is 27.8 Å². The van der Waals surface area contributed by atoms with E-state index >= 15 is 0 Å². The summed E-state index contributed by atoms with van der Waals surface area (Å²) in [6.45, 7) is 8.33. The Bertz CT molecular complexity index is 2620. The van der Waals surface area contributed by atoms with Crippen molar-refractivity contribution < 1.29 is 36.7 Å². The van der Waals surface area contributed by atoms with Gasteiger partial charge in [-0.05, 0) is 58.7 Å². The predicted molar refractivity (Wildman–Crippen MR) is 183 cm³/mol. The van der Waals surface area contributed by atoms with Gasteiger partial charge in [0.05, 0.1) is 15.1 Å². The Hall–Kier alpha value is -4.58. The van der Waals surface area contributed by atoms with Crippen molar-refractivity contribution in [2.24, 2.45) is 0 Å². The summed E-state index contributed by atoms with van der Waals surface area (Å²) in [6.07, 6.45) is 5.06. The molecule has 242 valence electrons. The second-order valence-corrected chi connectivity index (χ2v) is 16.8. The van der Waals surface area contributed by atoms with E-state index in [0.29, 0.717) is 17.0 Å². The third-order valence-electron chi connectivity index (χ3n) is 10.0. The summed E-state index contributed by atoms with van der Waals surface area (Å²) in [5, 5.41) is 0. The fraction of sp³-hybridized carbons (Fsp3) is 0.158. The highest BCUT2D eigenvalue weighted by Crippen LogP contribution is 2.64. The molecule has 0 amide bonds. The maximum Gasteiger partial charge on any atom is 0.237 e. The summed E-state index contributed by atoms with van der Waals surface area (Å²) in [6, 6.07) is 5.11. The second-order valence-electron chi connectivity index (χ2n) is 13.6. The Morgan fingerprint density at radius 2 is 1.22 bits per heavy atom. The molecule has 0 saturated carbocycles. The number of ketones is 4. The minimum atomic E-state index is -1.06. The van der Waals surface area contributed by atoms with Crippen LogP contribution in [-0.4, -0.2) is 23.1 Å². The lowest BCUT2D eigenvalue weighted by Gasteiger charge is -2.29. The normalized spacial score (nSPS) is 19.7. The van der Waals surface area contributed by atoms with Gasteiger partial charge in [0.1, 0.15) is 23.3 Å². The molecule has 4 nitrogen and oxygen atoms in total. The van der Waals surface area contributed by atoms with Crippen LogP contribution in [0, 0.1) is 23.3 Å². The van der Waals surface area contributed by atoms with E-state index in [0.717, 1.165) is 58.4 Å². The van der Waals surface area contributed by atoms with Gasteiger partial charge in [-0.2, -0.15) is 0 Å². The van der Waals surface area contributed by atoms with E-state index in [1.54, 1.807) is 28.7 Å². The molecule has 49 heavy (non-hydrogen) atoms. The van der Waals surface area contributed by atoms with E-state index in [1.165, 1.54) is 17.4 Å². The summed E-state index contributed by atoms with van der Waals surface area (Å²) < 4.78 is 59.4. The van der Waals surface area contributed by atoms with Crippen molar-refractivity contribution in [1.82, 2.24) is 0 Å². The number of halogens is 4. The molecule has 0 N–H and O–H groups in total. The molecule has 5 aromatic rings. The second kappa shape index (κ2) is 9.56. The Labute approximate surface area is 287 Å². The molecule has 3 heterocycles. The lowest BCUT2D eigenvalue weighted by Crippen LogP contribution is -2.24. The van der Waals surface area contributed by atoms with Crippen LogP contribution in [0.5, 0.6) is 0 Å². The van der Waals surface area contributed by atoms with Crippen LogP contribution in [0.25, 0.3) is 42.5 Å².